The molecule has 0 spiro atoms. The minimum Gasteiger partial charge on any atom is -0.497 e. The van der Waals surface area contributed by atoms with Gasteiger partial charge in [0.15, 0.2) is 11.5 Å². The SMILES string of the molecule is COc1ccc(OC)c(CCNC(=O)NCc2ccc3c(c2)OCO3)c1. The summed E-state index contributed by atoms with van der Waals surface area (Å²) in [4.78, 5) is 12.0. The van der Waals surface area contributed by atoms with Gasteiger partial charge >= 0.3 is 6.03 Å². The van der Waals surface area contributed by atoms with Gasteiger partial charge in [0, 0.05) is 13.1 Å². The molecule has 2 N–H and O–H groups in total. The largest absolute Gasteiger partial charge is 0.497 e. The average Bonchev–Trinajstić information content (AvgIpc) is 3.14. The molecule has 138 valence electrons. The highest BCUT2D eigenvalue weighted by Crippen LogP contribution is 2.32. The van der Waals surface area contributed by atoms with Crippen molar-refractivity contribution in [1.82, 2.24) is 10.6 Å². The first kappa shape index (κ1) is 17.7. The average molecular weight is 358 g/mol. The molecule has 2 aromatic carbocycles. The van der Waals surface area contributed by atoms with E-state index in [1.54, 1.807) is 14.2 Å². The molecule has 2 aromatic rings. The normalized spacial score (nSPS) is 11.8. The smallest absolute Gasteiger partial charge is 0.315 e. The van der Waals surface area contributed by atoms with E-state index in [1.165, 1.54) is 0 Å². The number of carbonyl (C=O) groups is 1. The Balaban J connectivity index is 1.46. The summed E-state index contributed by atoms with van der Waals surface area (Å²) in [5, 5.41) is 5.67. The van der Waals surface area contributed by atoms with E-state index < -0.39 is 0 Å². The summed E-state index contributed by atoms with van der Waals surface area (Å²) in [6.07, 6.45) is 0.637. The van der Waals surface area contributed by atoms with E-state index in [9.17, 15) is 4.79 Å². The van der Waals surface area contributed by atoms with Gasteiger partial charge in [-0.1, -0.05) is 6.07 Å². The zero-order valence-corrected chi connectivity index (χ0v) is 14.8. The fraction of sp³-hybridized carbons (Fsp3) is 0.316. The van der Waals surface area contributed by atoms with Crippen LogP contribution < -0.4 is 29.6 Å². The van der Waals surface area contributed by atoms with Gasteiger partial charge in [0.05, 0.1) is 14.2 Å². The molecule has 0 aliphatic carbocycles. The number of hydrogen-bond acceptors (Lipinski definition) is 5. The first-order valence-corrected chi connectivity index (χ1v) is 8.30. The van der Waals surface area contributed by atoms with E-state index in [1.807, 2.05) is 36.4 Å². The van der Waals surface area contributed by atoms with Crippen molar-refractivity contribution in [3.63, 3.8) is 0 Å². The summed E-state index contributed by atoms with van der Waals surface area (Å²) in [5.41, 5.74) is 1.92. The third-order valence-electron chi connectivity index (χ3n) is 4.06. The quantitative estimate of drug-likeness (QED) is 0.795. The zero-order chi connectivity index (χ0) is 18.4. The molecule has 7 nitrogen and oxygen atoms in total. The summed E-state index contributed by atoms with van der Waals surface area (Å²) in [7, 11) is 3.24. The number of nitrogens with one attached hydrogen (secondary N) is 2. The first-order chi connectivity index (χ1) is 12.7. The van der Waals surface area contributed by atoms with Gasteiger partial charge in [-0.25, -0.2) is 4.79 Å². The van der Waals surface area contributed by atoms with Crippen molar-refractivity contribution in [1.29, 1.82) is 0 Å². The first-order valence-electron chi connectivity index (χ1n) is 8.30. The van der Waals surface area contributed by atoms with Gasteiger partial charge in [-0.2, -0.15) is 0 Å². The maximum Gasteiger partial charge on any atom is 0.315 e. The van der Waals surface area contributed by atoms with Crippen LogP contribution in [0.5, 0.6) is 23.0 Å². The Labute approximate surface area is 152 Å². The fourth-order valence-electron chi connectivity index (χ4n) is 2.68. The number of urea groups is 1. The Morgan fingerprint density at radius 2 is 1.88 bits per heavy atom. The lowest BCUT2D eigenvalue weighted by Gasteiger charge is -2.12. The molecule has 0 atom stereocenters. The summed E-state index contributed by atoms with van der Waals surface area (Å²) >= 11 is 0. The molecular formula is C19H22N2O5. The van der Waals surface area contributed by atoms with E-state index in [0.29, 0.717) is 25.3 Å². The topological polar surface area (TPSA) is 78.1 Å². The van der Waals surface area contributed by atoms with Gasteiger partial charge in [-0.3, -0.25) is 0 Å². The van der Waals surface area contributed by atoms with Gasteiger partial charge < -0.3 is 29.6 Å². The van der Waals surface area contributed by atoms with Crippen LogP contribution >= 0.6 is 0 Å². The molecule has 0 radical (unpaired) electrons. The Kier molecular flexibility index (Phi) is 5.68. The number of methoxy groups -OCH3 is 2. The van der Waals surface area contributed by atoms with E-state index in [0.717, 1.165) is 28.4 Å². The number of carbonyl (C=O) groups excluding carboxylic acids is 1. The van der Waals surface area contributed by atoms with Gasteiger partial charge in [0.1, 0.15) is 11.5 Å². The van der Waals surface area contributed by atoms with Crippen LogP contribution in [-0.2, 0) is 13.0 Å². The summed E-state index contributed by atoms with van der Waals surface area (Å²) in [6, 6.07) is 11.0. The number of amides is 2. The van der Waals surface area contributed by atoms with Crippen LogP contribution in [0.4, 0.5) is 4.79 Å². The summed E-state index contributed by atoms with van der Waals surface area (Å²) < 4.78 is 21.2. The number of rotatable bonds is 7. The van der Waals surface area contributed by atoms with Crippen molar-refractivity contribution in [3.8, 4) is 23.0 Å². The van der Waals surface area contributed by atoms with Gasteiger partial charge in [0.2, 0.25) is 6.79 Å². The second-order valence-corrected chi connectivity index (χ2v) is 5.72. The van der Waals surface area contributed by atoms with Gasteiger partial charge in [-0.05, 0) is 47.9 Å². The molecule has 1 aliphatic heterocycles. The minimum absolute atomic E-state index is 0.232. The Bertz CT molecular complexity index is 779. The Morgan fingerprint density at radius 1 is 1.04 bits per heavy atom. The second kappa shape index (κ2) is 8.33. The predicted octanol–water partition coefficient (Wildman–Crippen LogP) is 2.47. The highest BCUT2D eigenvalue weighted by molar-refractivity contribution is 5.73. The van der Waals surface area contributed by atoms with Gasteiger partial charge in [-0.15, -0.1) is 0 Å². The minimum atomic E-state index is -0.232. The van der Waals surface area contributed by atoms with Crippen LogP contribution in [0.25, 0.3) is 0 Å². The van der Waals surface area contributed by atoms with Crippen molar-refractivity contribution in [2.24, 2.45) is 0 Å². The van der Waals surface area contributed by atoms with Crippen molar-refractivity contribution < 1.29 is 23.7 Å². The van der Waals surface area contributed by atoms with Crippen LogP contribution in [0.3, 0.4) is 0 Å². The molecule has 0 bridgehead atoms. The predicted molar refractivity (Wildman–Crippen MR) is 96.1 cm³/mol. The van der Waals surface area contributed by atoms with Crippen LogP contribution in [0.2, 0.25) is 0 Å². The molecule has 26 heavy (non-hydrogen) atoms. The molecular weight excluding hydrogens is 336 g/mol. The van der Waals surface area contributed by atoms with E-state index in [-0.39, 0.29) is 12.8 Å². The number of benzene rings is 2. The Morgan fingerprint density at radius 3 is 2.69 bits per heavy atom. The highest BCUT2D eigenvalue weighted by Gasteiger charge is 2.13. The zero-order valence-electron chi connectivity index (χ0n) is 14.8. The summed E-state index contributed by atoms with van der Waals surface area (Å²) in [5.74, 6) is 2.96. The maximum atomic E-state index is 12.0. The van der Waals surface area contributed by atoms with E-state index in [2.05, 4.69) is 10.6 Å². The number of hydrogen-bond donors (Lipinski definition) is 2. The van der Waals surface area contributed by atoms with Crippen molar-refractivity contribution >= 4 is 6.03 Å². The molecule has 7 heteroatoms. The third-order valence-corrected chi connectivity index (χ3v) is 4.06. The number of fused-ring (bicyclic) bond motifs is 1. The van der Waals surface area contributed by atoms with Gasteiger partial charge in [0.25, 0.3) is 0 Å². The molecule has 2 amide bonds. The van der Waals surface area contributed by atoms with Crippen molar-refractivity contribution in [2.75, 3.05) is 27.6 Å². The third kappa shape index (κ3) is 4.30. The lowest BCUT2D eigenvalue weighted by molar-refractivity contribution is 0.174. The van der Waals surface area contributed by atoms with Crippen LogP contribution in [0, 0.1) is 0 Å². The fourth-order valence-corrected chi connectivity index (χ4v) is 2.68. The molecule has 1 aliphatic rings. The molecule has 3 rings (SSSR count). The van der Waals surface area contributed by atoms with E-state index >= 15 is 0 Å². The molecule has 0 saturated heterocycles. The van der Waals surface area contributed by atoms with Crippen LogP contribution in [-0.4, -0.2) is 33.6 Å². The standard InChI is InChI=1S/C19H22N2O5/c1-23-15-4-6-16(24-2)14(10-15)7-8-20-19(22)21-11-13-3-5-17-18(9-13)26-12-25-17/h3-6,9-10H,7-8,11-12H2,1-2H3,(H2,20,21,22). The lowest BCUT2D eigenvalue weighted by Crippen LogP contribution is -2.36. The monoisotopic (exact) mass is 358 g/mol. The molecule has 0 saturated carbocycles. The second-order valence-electron chi connectivity index (χ2n) is 5.72. The van der Waals surface area contributed by atoms with Crippen LogP contribution in [0.15, 0.2) is 36.4 Å². The summed E-state index contributed by atoms with van der Waals surface area (Å²) in [6.45, 7) is 1.13. The van der Waals surface area contributed by atoms with Crippen molar-refractivity contribution in [2.45, 2.75) is 13.0 Å². The molecule has 0 fully saturated rings. The lowest BCUT2D eigenvalue weighted by atomic mass is 10.1. The molecule has 1 heterocycles. The number of ether oxygens (including phenoxy) is 4. The highest BCUT2D eigenvalue weighted by atomic mass is 16.7. The molecule has 0 unspecified atom stereocenters. The maximum absolute atomic E-state index is 12.0. The molecule has 0 aromatic heterocycles. The van der Waals surface area contributed by atoms with Crippen LogP contribution in [0.1, 0.15) is 11.1 Å². The van der Waals surface area contributed by atoms with E-state index in [4.69, 9.17) is 18.9 Å². The Hall–Kier alpha value is -3.09. The van der Waals surface area contributed by atoms with Crippen molar-refractivity contribution in [3.05, 3.63) is 47.5 Å².